The van der Waals surface area contributed by atoms with E-state index in [0.717, 1.165) is 31.5 Å². The fourth-order valence-electron chi connectivity index (χ4n) is 2.39. The first-order chi connectivity index (χ1) is 11.2. The lowest BCUT2D eigenvalue weighted by Crippen LogP contribution is -2.44. The zero-order chi connectivity index (χ0) is 16.5. The quantitative estimate of drug-likeness (QED) is 0.814. The van der Waals surface area contributed by atoms with Crippen LogP contribution < -0.4 is 14.9 Å². The average Bonchev–Trinajstić information content (AvgIpc) is 2.59. The highest BCUT2D eigenvalue weighted by molar-refractivity contribution is 5.91. The number of hydrogen-bond acceptors (Lipinski definition) is 5. The lowest BCUT2D eigenvalue weighted by molar-refractivity contribution is -0.121. The molecule has 1 aromatic rings. The predicted molar refractivity (Wildman–Crippen MR) is 86.7 cm³/mol. The molecular weight excluding hydrogens is 294 g/mol. The molecule has 1 heterocycles. The number of rotatable bonds is 6. The Balaban J connectivity index is 1.95. The molecule has 1 aromatic carbocycles. The van der Waals surface area contributed by atoms with Crippen LogP contribution in [-0.2, 0) is 4.79 Å². The van der Waals surface area contributed by atoms with Crippen LogP contribution in [0.4, 0.5) is 0 Å². The van der Waals surface area contributed by atoms with E-state index in [2.05, 4.69) is 5.43 Å². The number of ether oxygens (including phenoxy) is 2. The van der Waals surface area contributed by atoms with Crippen molar-refractivity contribution in [1.82, 2.24) is 10.4 Å². The van der Waals surface area contributed by atoms with Gasteiger partial charge in [0.1, 0.15) is 6.07 Å². The molecule has 1 amide bonds. The summed E-state index contributed by atoms with van der Waals surface area (Å²) in [6.45, 7) is 1.76. The third-order valence-corrected chi connectivity index (χ3v) is 3.53. The first kappa shape index (κ1) is 16.8. The summed E-state index contributed by atoms with van der Waals surface area (Å²) in [6.07, 6.45) is 6.67. The van der Waals surface area contributed by atoms with Gasteiger partial charge in [0.05, 0.1) is 7.11 Å². The van der Waals surface area contributed by atoms with Gasteiger partial charge in [-0.15, -0.1) is 0 Å². The highest BCUT2D eigenvalue weighted by atomic mass is 16.5. The van der Waals surface area contributed by atoms with Gasteiger partial charge in [-0.3, -0.25) is 10.2 Å². The minimum atomic E-state index is -0.143. The number of nitrogens with zero attached hydrogens (tertiary/aromatic N) is 2. The fraction of sp³-hybridized carbons (Fsp3) is 0.412. The number of benzene rings is 1. The van der Waals surface area contributed by atoms with Crippen LogP contribution in [0.5, 0.6) is 11.5 Å². The van der Waals surface area contributed by atoms with E-state index in [1.54, 1.807) is 24.3 Å². The highest BCUT2D eigenvalue weighted by Gasteiger charge is 2.11. The second-order valence-electron chi connectivity index (χ2n) is 5.21. The Labute approximate surface area is 136 Å². The van der Waals surface area contributed by atoms with Gasteiger partial charge in [0.2, 0.25) is 0 Å². The Bertz CT molecular complexity index is 602. The summed E-state index contributed by atoms with van der Waals surface area (Å²) < 4.78 is 10.5. The van der Waals surface area contributed by atoms with Crippen molar-refractivity contribution in [1.29, 1.82) is 5.26 Å². The molecule has 0 bridgehead atoms. The van der Waals surface area contributed by atoms with Crippen molar-refractivity contribution in [2.24, 2.45) is 0 Å². The predicted octanol–water partition coefficient (Wildman–Crippen LogP) is 2.13. The smallest absolute Gasteiger partial charge is 0.258 e. The van der Waals surface area contributed by atoms with Crippen molar-refractivity contribution < 1.29 is 14.3 Å². The first-order valence-electron chi connectivity index (χ1n) is 7.64. The Hall–Kier alpha value is -2.52. The molecule has 0 radical (unpaired) electrons. The molecule has 6 heteroatoms. The van der Waals surface area contributed by atoms with Crippen LogP contribution in [-0.4, -0.2) is 37.7 Å². The van der Waals surface area contributed by atoms with Crippen molar-refractivity contribution in [3.05, 3.63) is 29.8 Å². The van der Waals surface area contributed by atoms with Gasteiger partial charge in [-0.05, 0) is 36.6 Å². The maximum Gasteiger partial charge on any atom is 0.258 e. The molecule has 23 heavy (non-hydrogen) atoms. The minimum Gasteiger partial charge on any atom is -0.493 e. The topological polar surface area (TPSA) is 74.6 Å². The largest absolute Gasteiger partial charge is 0.493 e. The van der Waals surface area contributed by atoms with Crippen LogP contribution in [0.25, 0.3) is 6.08 Å². The fourth-order valence-corrected chi connectivity index (χ4v) is 2.39. The molecule has 0 saturated carbocycles. The van der Waals surface area contributed by atoms with Crippen molar-refractivity contribution in [3.63, 3.8) is 0 Å². The third kappa shape index (κ3) is 5.31. The number of methoxy groups -OCH3 is 1. The number of carbonyl (C=O) groups excluding carboxylic acids is 1. The van der Waals surface area contributed by atoms with Gasteiger partial charge in [0, 0.05) is 19.2 Å². The van der Waals surface area contributed by atoms with Crippen molar-refractivity contribution >= 4 is 12.0 Å². The van der Waals surface area contributed by atoms with E-state index in [9.17, 15) is 4.79 Å². The Morgan fingerprint density at radius 3 is 2.83 bits per heavy atom. The van der Waals surface area contributed by atoms with Crippen LogP contribution in [0.1, 0.15) is 24.8 Å². The van der Waals surface area contributed by atoms with Gasteiger partial charge >= 0.3 is 0 Å². The minimum absolute atomic E-state index is 0.0379. The lowest BCUT2D eigenvalue weighted by atomic mass is 10.1. The number of nitrogens with one attached hydrogen (secondary N) is 1. The molecule has 1 N–H and O–H groups in total. The van der Waals surface area contributed by atoms with Gasteiger partial charge in [0.25, 0.3) is 5.91 Å². The van der Waals surface area contributed by atoms with Gasteiger partial charge < -0.3 is 9.47 Å². The summed E-state index contributed by atoms with van der Waals surface area (Å²) >= 11 is 0. The van der Waals surface area contributed by atoms with E-state index in [-0.39, 0.29) is 12.5 Å². The van der Waals surface area contributed by atoms with Gasteiger partial charge in [-0.1, -0.05) is 12.5 Å². The van der Waals surface area contributed by atoms with Crippen molar-refractivity contribution in [2.75, 3.05) is 26.8 Å². The number of amides is 1. The van der Waals surface area contributed by atoms with Crippen LogP contribution in [0.15, 0.2) is 24.3 Å². The third-order valence-electron chi connectivity index (χ3n) is 3.53. The van der Waals surface area contributed by atoms with Gasteiger partial charge in [-0.25, -0.2) is 5.01 Å². The summed E-state index contributed by atoms with van der Waals surface area (Å²) in [4.78, 5) is 11.9. The molecule has 0 aliphatic carbocycles. The number of nitriles is 1. The van der Waals surface area contributed by atoms with E-state index in [0.29, 0.717) is 11.5 Å². The molecule has 1 aliphatic rings. The second-order valence-corrected chi connectivity index (χ2v) is 5.21. The normalized spacial score (nSPS) is 15.1. The summed E-state index contributed by atoms with van der Waals surface area (Å²) in [5, 5.41) is 10.5. The molecule has 0 spiro atoms. The number of hydrogen-bond donors (Lipinski definition) is 1. The highest BCUT2D eigenvalue weighted by Crippen LogP contribution is 2.28. The summed E-state index contributed by atoms with van der Waals surface area (Å²) in [5.74, 6) is 0.887. The first-order valence-corrected chi connectivity index (χ1v) is 7.64. The van der Waals surface area contributed by atoms with E-state index in [1.807, 2.05) is 11.1 Å². The molecule has 0 aromatic heterocycles. The van der Waals surface area contributed by atoms with Gasteiger partial charge in [0.15, 0.2) is 18.1 Å². The van der Waals surface area contributed by atoms with Crippen molar-refractivity contribution in [2.45, 2.75) is 19.3 Å². The van der Waals surface area contributed by atoms with E-state index in [4.69, 9.17) is 14.7 Å². The Morgan fingerprint density at radius 1 is 1.35 bits per heavy atom. The summed E-state index contributed by atoms with van der Waals surface area (Å²) in [7, 11) is 1.53. The molecule has 1 aliphatic heterocycles. The Kier molecular flexibility index (Phi) is 6.45. The van der Waals surface area contributed by atoms with Gasteiger partial charge in [-0.2, -0.15) is 5.26 Å². The lowest BCUT2D eigenvalue weighted by Gasteiger charge is -2.26. The molecule has 0 unspecified atom stereocenters. The molecule has 0 atom stereocenters. The Morgan fingerprint density at radius 2 is 2.13 bits per heavy atom. The van der Waals surface area contributed by atoms with Crippen LogP contribution in [0.2, 0.25) is 0 Å². The maximum absolute atomic E-state index is 11.9. The number of carbonyl (C=O) groups is 1. The van der Waals surface area contributed by atoms with E-state index >= 15 is 0 Å². The van der Waals surface area contributed by atoms with E-state index < -0.39 is 0 Å². The zero-order valence-electron chi connectivity index (χ0n) is 13.2. The molecule has 6 nitrogen and oxygen atoms in total. The molecular formula is C17H21N3O3. The number of piperidine rings is 1. The molecule has 1 saturated heterocycles. The van der Waals surface area contributed by atoms with Crippen LogP contribution >= 0.6 is 0 Å². The molecule has 122 valence electrons. The SMILES string of the molecule is COc1cc(/C=C/C(=O)NN2CCCCC2)ccc1OCC#N. The monoisotopic (exact) mass is 315 g/mol. The standard InChI is InChI=1S/C17H21N3O3/c1-22-16-13-14(5-7-15(16)23-12-9-18)6-8-17(21)19-20-10-3-2-4-11-20/h5-8,13H,2-4,10-12H2,1H3,(H,19,21)/b8-6+. The van der Waals surface area contributed by atoms with E-state index in [1.165, 1.54) is 19.6 Å². The van der Waals surface area contributed by atoms with Crippen molar-refractivity contribution in [3.8, 4) is 17.6 Å². The summed E-state index contributed by atoms with van der Waals surface area (Å²) in [5.41, 5.74) is 3.69. The maximum atomic E-state index is 11.9. The second kappa shape index (κ2) is 8.81. The molecule has 1 fully saturated rings. The summed E-state index contributed by atoms with van der Waals surface area (Å²) in [6, 6.07) is 7.20. The molecule has 2 rings (SSSR count). The zero-order valence-corrected chi connectivity index (χ0v) is 13.2. The van der Waals surface area contributed by atoms with Crippen LogP contribution in [0, 0.1) is 11.3 Å². The average molecular weight is 315 g/mol. The number of hydrazine groups is 1. The van der Waals surface area contributed by atoms with Crippen LogP contribution in [0.3, 0.4) is 0 Å².